The Morgan fingerprint density at radius 1 is 1.05 bits per heavy atom. The normalized spacial score (nSPS) is 10.9. The van der Waals surface area contributed by atoms with E-state index in [1.807, 2.05) is 6.07 Å². The Morgan fingerprint density at radius 2 is 1.77 bits per heavy atom. The number of carbonyl (C=O) groups is 1. The van der Waals surface area contributed by atoms with E-state index in [0.29, 0.717) is 16.5 Å². The summed E-state index contributed by atoms with van der Waals surface area (Å²) in [6.45, 7) is 0. The summed E-state index contributed by atoms with van der Waals surface area (Å²) in [7, 11) is 0. The summed E-state index contributed by atoms with van der Waals surface area (Å²) in [4.78, 5) is 23.7. The van der Waals surface area contributed by atoms with Crippen molar-refractivity contribution in [2.45, 2.75) is 0 Å². The summed E-state index contributed by atoms with van der Waals surface area (Å²) in [6, 6.07) is 17.0. The molecule has 0 bridgehead atoms. The van der Waals surface area contributed by atoms with Crippen LogP contribution in [-0.2, 0) is 0 Å². The number of benzene rings is 2. The van der Waals surface area contributed by atoms with Gasteiger partial charge < -0.3 is 4.42 Å². The zero-order valence-electron chi connectivity index (χ0n) is 11.5. The summed E-state index contributed by atoms with van der Waals surface area (Å²) < 4.78 is 5.53. The van der Waals surface area contributed by atoms with Crippen LogP contribution < -0.4 is 10.9 Å². The molecule has 5 nitrogen and oxygen atoms in total. The van der Waals surface area contributed by atoms with Crippen molar-refractivity contribution in [3.63, 3.8) is 0 Å². The fourth-order valence-electron chi connectivity index (χ4n) is 1.99. The van der Waals surface area contributed by atoms with Crippen molar-refractivity contribution in [2.24, 2.45) is 5.10 Å². The van der Waals surface area contributed by atoms with E-state index in [0.717, 1.165) is 0 Å². The molecule has 1 N–H and O–H groups in total. The first-order chi connectivity index (χ1) is 10.7. The van der Waals surface area contributed by atoms with E-state index in [9.17, 15) is 9.59 Å². The third-order valence-electron chi connectivity index (χ3n) is 3.05. The molecule has 1 amide bonds. The minimum absolute atomic E-state index is 0.155. The molecule has 0 aliphatic heterocycles. The van der Waals surface area contributed by atoms with Gasteiger partial charge in [0.05, 0.1) is 11.6 Å². The summed E-state index contributed by atoms with van der Waals surface area (Å²) in [5.74, 6) is -0.0583. The smallest absolute Gasteiger partial charge is 0.271 e. The lowest BCUT2D eigenvalue weighted by molar-refractivity contribution is 0.0955. The fourth-order valence-corrected chi connectivity index (χ4v) is 1.99. The van der Waals surface area contributed by atoms with Gasteiger partial charge in [-0.3, -0.25) is 9.59 Å². The van der Waals surface area contributed by atoms with Gasteiger partial charge in [0.25, 0.3) is 5.91 Å². The molecule has 0 unspecified atom stereocenters. The second-order valence-electron chi connectivity index (χ2n) is 4.57. The lowest BCUT2D eigenvalue weighted by Crippen LogP contribution is -2.17. The highest BCUT2D eigenvalue weighted by molar-refractivity contribution is 5.94. The fraction of sp³-hybridized carbons (Fsp3) is 0. The highest BCUT2D eigenvalue weighted by Crippen LogP contribution is 2.10. The van der Waals surface area contributed by atoms with E-state index in [1.165, 1.54) is 12.3 Å². The molecule has 2 aromatic carbocycles. The van der Waals surface area contributed by atoms with Crippen LogP contribution in [-0.4, -0.2) is 12.1 Å². The van der Waals surface area contributed by atoms with Gasteiger partial charge in [-0.1, -0.05) is 30.3 Å². The zero-order chi connectivity index (χ0) is 15.4. The van der Waals surface area contributed by atoms with Crippen LogP contribution in [0.3, 0.4) is 0 Å². The molecular weight excluding hydrogens is 280 g/mol. The molecular formula is C17H12N2O3. The largest absolute Gasteiger partial charge is 0.455 e. The van der Waals surface area contributed by atoms with Crippen molar-refractivity contribution in [2.75, 3.05) is 0 Å². The molecule has 0 spiro atoms. The van der Waals surface area contributed by atoms with Crippen molar-refractivity contribution >= 4 is 23.1 Å². The third-order valence-corrected chi connectivity index (χ3v) is 3.05. The Morgan fingerprint density at radius 3 is 2.59 bits per heavy atom. The number of fused-ring (bicyclic) bond motifs is 1. The summed E-state index contributed by atoms with van der Waals surface area (Å²) in [6.07, 6.45) is 1.30. The lowest BCUT2D eigenvalue weighted by atomic mass is 10.2. The maximum absolute atomic E-state index is 11.9. The van der Waals surface area contributed by atoms with Crippen molar-refractivity contribution < 1.29 is 9.21 Å². The number of hydrazone groups is 1. The molecule has 3 rings (SSSR count). The topological polar surface area (TPSA) is 71.7 Å². The Labute approximate surface area is 125 Å². The second kappa shape index (κ2) is 6.05. The van der Waals surface area contributed by atoms with Crippen LogP contribution in [0.4, 0.5) is 0 Å². The number of rotatable bonds is 3. The van der Waals surface area contributed by atoms with Gasteiger partial charge >= 0.3 is 0 Å². The van der Waals surface area contributed by atoms with Gasteiger partial charge in [-0.2, -0.15) is 5.10 Å². The number of hydrogen-bond donors (Lipinski definition) is 1. The van der Waals surface area contributed by atoms with Crippen molar-refractivity contribution in [1.82, 2.24) is 5.43 Å². The molecule has 108 valence electrons. The number of nitrogens with one attached hydrogen (secondary N) is 1. The Hall–Kier alpha value is -3.21. The maximum atomic E-state index is 11.9. The summed E-state index contributed by atoms with van der Waals surface area (Å²) in [5.41, 5.74) is 3.21. The average Bonchev–Trinajstić information content (AvgIpc) is 2.56. The molecule has 0 fully saturated rings. The molecule has 0 atom stereocenters. The quantitative estimate of drug-likeness (QED) is 0.595. The van der Waals surface area contributed by atoms with Gasteiger partial charge in [0.15, 0.2) is 11.2 Å². The molecule has 0 aliphatic rings. The first kappa shape index (κ1) is 13.8. The average molecular weight is 292 g/mol. The first-order valence-corrected chi connectivity index (χ1v) is 6.65. The third kappa shape index (κ3) is 2.93. The van der Waals surface area contributed by atoms with E-state index >= 15 is 0 Å². The van der Waals surface area contributed by atoms with Gasteiger partial charge in [-0.15, -0.1) is 0 Å². The minimum Gasteiger partial charge on any atom is -0.455 e. The van der Waals surface area contributed by atoms with Crippen LogP contribution in [0.25, 0.3) is 11.0 Å². The van der Waals surface area contributed by atoms with Gasteiger partial charge in [-0.25, -0.2) is 5.43 Å². The Kier molecular flexibility index (Phi) is 3.78. The molecule has 22 heavy (non-hydrogen) atoms. The molecule has 1 heterocycles. The van der Waals surface area contributed by atoms with Crippen LogP contribution in [0.15, 0.2) is 75.0 Å². The zero-order valence-corrected chi connectivity index (χ0v) is 11.5. The highest BCUT2D eigenvalue weighted by atomic mass is 16.3. The van der Waals surface area contributed by atoms with Crippen molar-refractivity contribution in [3.8, 4) is 0 Å². The van der Waals surface area contributed by atoms with E-state index in [2.05, 4.69) is 10.5 Å². The minimum atomic E-state index is -0.333. The van der Waals surface area contributed by atoms with E-state index in [1.54, 1.807) is 48.5 Å². The monoisotopic (exact) mass is 292 g/mol. The molecule has 3 aromatic rings. The van der Waals surface area contributed by atoms with E-state index < -0.39 is 0 Å². The van der Waals surface area contributed by atoms with Crippen LogP contribution >= 0.6 is 0 Å². The molecule has 1 aromatic heterocycles. The van der Waals surface area contributed by atoms with Gasteiger partial charge in [-0.05, 0) is 24.3 Å². The summed E-state index contributed by atoms with van der Waals surface area (Å²) in [5, 5.41) is 4.32. The first-order valence-electron chi connectivity index (χ1n) is 6.65. The second-order valence-corrected chi connectivity index (χ2v) is 4.57. The SMILES string of the molecule is O=C(N/N=C/c1cc(=O)c2ccccc2o1)c1ccccc1. The van der Waals surface area contributed by atoms with E-state index in [-0.39, 0.29) is 17.1 Å². The highest BCUT2D eigenvalue weighted by Gasteiger charge is 2.04. The molecule has 0 aliphatic carbocycles. The van der Waals surface area contributed by atoms with Crippen molar-refractivity contribution in [3.05, 3.63) is 82.2 Å². The number of hydrogen-bond acceptors (Lipinski definition) is 4. The number of amides is 1. The number of carbonyl (C=O) groups excluding carboxylic acids is 1. The van der Waals surface area contributed by atoms with Crippen molar-refractivity contribution in [1.29, 1.82) is 0 Å². The van der Waals surface area contributed by atoms with Crippen LogP contribution in [0, 0.1) is 0 Å². The molecule has 0 radical (unpaired) electrons. The van der Waals surface area contributed by atoms with Crippen LogP contribution in [0.2, 0.25) is 0 Å². The molecule has 0 saturated heterocycles. The summed E-state index contributed by atoms with van der Waals surface area (Å²) >= 11 is 0. The van der Waals surface area contributed by atoms with Gasteiger partial charge in [0.1, 0.15) is 5.58 Å². The van der Waals surface area contributed by atoms with E-state index in [4.69, 9.17) is 4.42 Å². The number of nitrogens with zero attached hydrogens (tertiary/aromatic N) is 1. The number of para-hydroxylation sites is 1. The van der Waals surface area contributed by atoms with Crippen LogP contribution in [0.5, 0.6) is 0 Å². The van der Waals surface area contributed by atoms with Crippen LogP contribution in [0.1, 0.15) is 16.1 Å². The van der Waals surface area contributed by atoms with Gasteiger partial charge in [0, 0.05) is 11.6 Å². The lowest BCUT2D eigenvalue weighted by Gasteiger charge is -2.00. The Balaban J connectivity index is 1.79. The predicted octanol–water partition coefficient (Wildman–Crippen LogP) is 2.56. The molecule has 5 heteroatoms. The van der Waals surface area contributed by atoms with Gasteiger partial charge in [0.2, 0.25) is 0 Å². The molecule has 0 saturated carbocycles. The Bertz CT molecular complexity index is 898. The maximum Gasteiger partial charge on any atom is 0.271 e. The predicted molar refractivity (Wildman–Crippen MR) is 84.0 cm³/mol. The standard InChI is InChI=1S/C17H12N2O3/c20-15-10-13(22-16-9-5-4-8-14(15)16)11-18-19-17(21)12-6-2-1-3-7-12/h1-11H,(H,19,21)/b18-11+.